The zero-order chi connectivity index (χ0) is 12.0. The summed E-state index contributed by atoms with van der Waals surface area (Å²) in [7, 11) is 1.98. The molecule has 0 heterocycles. The maximum absolute atomic E-state index is 5.49. The summed E-state index contributed by atoms with van der Waals surface area (Å²) in [5.74, 6) is 0.876. The van der Waals surface area contributed by atoms with Crippen LogP contribution in [0.15, 0.2) is 35.3 Å². The Morgan fingerprint density at radius 1 is 1.44 bits per heavy atom. The first kappa shape index (κ1) is 13.3. The molecule has 3 heteroatoms. The Morgan fingerprint density at radius 2 is 2.06 bits per heavy atom. The summed E-state index contributed by atoms with van der Waals surface area (Å²) in [5.41, 5.74) is 1.31. The van der Waals surface area contributed by atoms with Gasteiger partial charge in [-0.25, -0.2) is 0 Å². The number of likely N-dealkylation sites (N-methyl/N-ethyl adjacent to an activating group) is 1. The van der Waals surface area contributed by atoms with Crippen LogP contribution in [-0.4, -0.2) is 19.7 Å². The number of rotatable bonds is 6. The first-order valence-corrected chi connectivity index (χ1v) is 6.13. The molecular formula is C13H18BrNO. The second-order valence-electron chi connectivity index (χ2n) is 3.84. The molecule has 1 rings (SSSR count). The lowest BCUT2D eigenvalue weighted by molar-refractivity contribution is 0.361. The fourth-order valence-electron chi connectivity index (χ4n) is 1.34. The summed E-state index contributed by atoms with van der Waals surface area (Å²) < 4.78 is 6.34. The molecule has 1 aromatic carbocycles. The van der Waals surface area contributed by atoms with Crippen LogP contribution in [0.1, 0.15) is 12.5 Å². The van der Waals surface area contributed by atoms with Crippen LogP contribution in [-0.2, 0) is 6.42 Å². The largest absolute Gasteiger partial charge is 0.488 e. The summed E-state index contributed by atoms with van der Waals surface area (Å²) >= 11 is 3.26. The van der Waals surface area contributed by atoms with Gasteiger partial charge in [-0.15, -0.1) is 0 Å². The van der Waals surface area contributed by atoms with Crippen molar-refractivity contribution in [3.05, 3.63) is 40.9 Å². The molecule has 0 fully saturated rings. The van der Waals surface area contributed by atoms with E-state index in [0.29, 0.717) is 12.6 Å². The van der Waals surface area contributed by atoms with Crippen LogP contribution < -0.4 is 10.1 Å². The second kappa shape index (κ2) is 6.71. The maximum Gasteiger partial charge on any atom is 0.119 e. The SMILES string of the molecule is C=C(Br)COc1ccc(CC(C)NC)cc1. The number of hydrogen-bond acceptors (Lipinski definition) is 2. The molecule has 16 heavy (non-hydrogen) atoms. The van der Waals surface area contributed by atoms with Crippen LogP contribution in [0.2, 0.25) is 0 Å². The van der Waals surface area contributed by atoms with Gasteiger partial charge in [0.25, 0.3) is 0 Å². The van der Waals surface area contributed by atoms with Crippen LogP contribution in [0.5, 0.6) is 5.75 Å². The van der Waals surface area contributed by atoms with E-state index in [4.69, 9.17) is 4.74 Å². The van der Waals surface area contributed by atoms with Gasteiger partial charge >= 0.3 is 0 Å². The van der Waals surface area contributed by atoms with Crippen molar-refractivity contribution >= 4 is 15.9 Å². The van der Waals surface area contributed by atoms with Crippen molar-refractivity contribution in [3.63, 3.8) is 0 Å². The summed E-state index contributed by atoms with van der Waals surface area (Å²) in [4.78, 5) is 0. The molecule has 88 valence electrons. The lowest BCUT2D eigenvalue weighted by Crippen LogP contribution is -2.23. The van der Waals surface area contributed by atoms with Crippen LogP contribution in [0.4, 0.5) is 0 Å². The summed E-state index contributed by atoms with van der Waals surface area (Å²) in [5, 5.41) is 3.22. The Morgan fingerprint density at radius 3 is 2.56 bits per heavy atom. The van der Waals surface area contributed by atoms with Gasteiger partial charge in [-0.1, -0.05) is 34.6 Å². The third kappa shape index (κ3) is 4.81. The van der Waals surface area contributed by atoms with Gasteiger partial charge in [0.15, 0.2) is 0 Å². The molecular weight excluding hydrogens is 266 g/mol. The van der Waals surface area contributed by atoms with Gasteiger partial charge in [0.05, 0.1) is 0 Å². The van der Waals surface area contributed by atoms with Gasteiger partial charge in [0.1, 0.15) is 12.4 Å². The predicted octanol–water partition coefficient (Wildman–Crippen LogP) is 3.12. The van der Waals surface area contributed by atoms with E-state index in [1.165, 1.54) is 5.56 Å². The quantitative estimate of drug-likeness (QED) is 0.866. The average Bonchev–Trinajstić information content (AvgIpc) is 2.28. The van der Waals surface area contributed by atoms with E-state index < -0.39 is 0 Å². The zero-order valence-corrected chi connectivity index (χ0v) is 11.4. The Bertz CT molecular complexity index is 334. The maximum atomic E-state index is 5.49. The van der Waals surface area contributed by atoms with Crippen LogP contribution in [0.25, 0.3) is 0 Å². The van der Waals surface area contributed by atoms with Crippen LogP contribution in [0.3, 0.4) is 0 Å². The number of nitrogens with one attached hydrogen (secondary N) is 1. The Hall–Kier alpha value is -0.800. The molecule has 1 N–H and O–H groups in total. The Balaban J connectivity index is 2.50. The first-order valence-electron chi connectivity index (χ1n) is 5.34. The van der Waals surface area contributed by atoms with E-state index in [2.05, 4.69) is 46.9 Å². The Kier molecular flexibility index (Phi) is 5.56. The molecule has 1 atom stereocenters. The van der Waals surface area contributed by atoms with Crippen molar-refractivity contribution in [1.82, 2.24) is 5.32 Å². The fourth-order valence-corrected chi connectivity index (χ4v) is 1.45. The molecule has 0 bridgehead atoms. The standard InChI is InChI=1S/C13H18BrNO/c1-10(14)9-16-13-6-4-12(5-7-13)8-11(2)15-3/h4-7,11,15H,1,8-9H2,2-3H3. The highest BCUT2D eigenvalue weighted by atomic mass is 79.9. The van der Waals surface area contributed by atoms with Gasteiger partial charge in [-0.2, -0.15) is 0 Å². The minimum atomic E-state index is 0.495. The summed E-state index contributed by atoms with van der Waals surface area (Å²) in [6.45, 7) is 6.39. The minimum absolute atomic E-state index is 0.495. The van der Waals surface area contributed by atoms with Crippen molar-refractivity contribution in [2.45, 2.75) is 19.4 Å². The summed E-state index contributed by atoms with van der Waals surface area (Å²) in [6.07, 6.45) is 1.03. The lowest BCUT2D eigenvalue weighted by Gasteiger charge is -2.10. The van der Waals surface area contributed by atoms with E-state index in [1.807, 2.05) is 19.2 Å². The molecule has 0 radical (unpaired) electrons. The molecule has 0 aliphatic rings. The van der Waals surface area contributed by atoms with Crippen molar-refractivity contribution < 1.29 is 4.74 Å². The topological polar surface area (TPSA) is 21.3 Å². The van der Waals surface area contributed by atoms with Gasteiger partial charge in [-0.05, 0) is 38.1 Å². The molecule has 1 unspecified atom stereocenters. The molecule has 0 saturated heterocycles. The third-order valence-electron chi connectivity index (χ3n) is 2.35. The third-order valence-corrected chi connectivity index (χ3v) is 2.58. The van der Waals surface area contributed by atoms with E-state index in [0.717, 1.165) is 16.7 Å². The highest BCUT2D eigenvalue weighted by molar-refractivity contribution is 9.11. The molecule has 0 aliphatic heterocycles. The van der Waals surface area contributed by atoms with Gasteiger partial charge < -0.3 is 10.1 Å². The highest BCUT2D eigenvalue weighted by Gasteiger charge is 2.01. The van der Waals surface area contributed by atoms with Crippen molar-refractivity contribution in [3.8, 4) is 5.75 Å². The number of ether oxygens (including phenoxy) is 1. The smallest absolute Gasteiger partial charge is 0.119 e. The van der Waals surface area contributed by atoms with Crippen molar-refractivity contribution in [2.75, 3.05) is 13.7 Å². The number of benzene rings is 1. The van der Waals surface area contributed by atoms with Crippen molar-refractivity contribution in [2.24, 2.45) is 0 Å². The normalized spacial score (nSPS) is 12.2. The average molecular weight is 284 g/mol. The van der Waals surface area contributed by atoms with E-state index in [1.54, 1.807) is 0 Å². The molecule has 0 amide bonds. The van der Waals surface area contributed by atoms with E-state index >= 15 is 0 Å². The molecule has 0 aromatic heterocycles. The van der Waals surface area contributed by atoms with Gasteiger partial charge in [0, 0.05) is 10.5 Å². The minimum Gasteiger partial charge on any atom is -0.488 e. The molecule has 1 aromatic rings. The van der Waals surface area contributed by atoms with Crippen LogP contribution >= 0.6 is 15.9 Å². The van der Waals surface area contributed by atoms with E-state index in [-0.39, 0.29) is 0 Å². The monoisotopic (exact) mass is 283 g/mol. The highest BCUT2D eigenvalue weighted by Crippen LogP contribution is 2.15. The number of hydrogen-bond donors (Lipinski definition) is 1. The Labute approximate surface area is 106 Å². The zero-order valence-electron chi connectivity index (χ0n) is 9.79. The second-order valence-corrected chi connectivity index (χ2v) is 4.97. The lowest BCUT2D eigenvalue weighted by atomic mass is 10.1. The van der Waals surface area contributed by atoms with Crippen molar-refractivity contribution in [1.29, 1.82) is 0 Å². The molecule has 0 saturated carbocycles. The fraction of sp³-hybridized carbons (Fsp3) is 0.385. The number of halogens is 1. The van der Waals surface area contributed by atoms with E-state index in [9.17, 15) is 0 Å². The van der Waals surface area contributed by atoms with Gasteiger partial charge in [0.2, 0.25) is 0 Å². The van der Waals surface area contributed by atoms with Crippen LogP contribution in [0, 0.1) is 0 Å². The molecule has 2 nitrogen and oxygen atoms in total. The molecule has 0 spiro atoms. The molecule has 0 aliphatic carbocycles. The summed E-state index contributed by atoms with van der Waals surface area (Å²) in [6, 6.07) is 8.68. The first-order chi connectivity index (χ1) is 7.61. The predicted molar refractivity (Wildman–Crippen MR) is 72.2 cm³/mol. The van der Waals surface area contributed by atoms with Gasteiger partial charge in [-0.3, -0.25) is 0 Å².